The van der Waals surface area contributed by atoms with E-state index < -0.39 is 29.3 Å². The fraction of sp³-hybridized carbons (Fsp3) is 0.385. The van der Waals surface area contributed by atoms with E-state index in [4.69, 9.17) is 0 Å². The number of ether oxygens (including phenoxy) is 1. The van der Waals surface area contributed by atoms with Crippen LogP contribution in [0.2, 0.25) is 0 Å². The first kappa shape index (κ1) is 16.0. The number of amides is 1. The summed E-state index contributed by atoms with van der Waals surface area (Å²) in [6.07, 6.45) is 0.474. The number of carbonyl (C=O) groups excluding carboxylic acids is 2. The van der Waals surface area contributed by atoms with Crippen LogP contribution in [0.4, 0.5) is 13.2 Å². The zero-order valence-electron chi connectivity index (χ0n) is 11.1. The molecule has 0 unspecified atom stereocenters. The predicted molar refractivity (Wildman–Crippen MR) is 64.5 cm³/mol. The van der Waals surface area contributed by atoms with Crippen LogP contribution in [0.1, 0.15) is 23.2 Å². The number of halogens is 3. The van der Waals surface area contributed by atoms with Gasteiger partial charge in [-0.2, -0.15) is 0 Å². The van der Waals surface area contributed by atoms with Crippen molar-refractivity contribution < 1.29 is 27.5 Å². The van der Waals surface area contributed by atoms with Crippen LogP contribution in [0.25, 0.3) is 0 Å². The number of nitrogens with zero attached hydrogens (tertiary/aromatic N) is 1. The molecule has 20 heavy (non-hydrogen) atoms. The molecule has 1 aromatic carbocycles. The lowest BCUT2D eigenvalue weighted by atomic mass is 10.1. The second-order valence-electron chi connectivity index (χ2n) is 4.16. The van der Waals surface area contributed by atoms with Gasteiger partial charge in [0.2, 0.25) is 0 Å². The van der Waals surface area contributed by atoms with Crippen LogP contribution in [0.15, 0.2) is 12.1 Å². The molecule has 0 radical (unpaired) electrons. The first-order valence-corrected chi connectivity index (χ1v) is 5.83. The highest BCUT2D eigenvalue weighted by Gasteiger charge is 2.17. The first-order chi connectivity index (χ1) is 9.36. The monoisotopic (exact) mass is 289 g/mol. The van der Waals surface area contributed by atoms with Gasteiger partial charge in [-0.1, -0.05) is 0 Å². The second-order valence-corrected chi connectivity index (χ2v) is 4.16. The molecule has 0 atom stereocenters. The second kappa shape index (κ2) is 6.93. The summed E-state index contributed by atoms with van der Waals surface area (Å²) in [5.41, 5.74) is -0.290. The van der Waals surface area contributed by atoms with E-state index in [1.54, 1.807) is 0 Å². The van der Waals surface area contributed by atoms with Gasteiger partial charge >= 0.3 is 5.97 Å². The molecule has 0 spiro atoms. The Hall–Kier alpha value is -2.05. The van der Waals surface area contributed by atoms with Crippen LogP contribution in [-0.4, -0.2) is 37.5 Å². The van der Waals surface area contributed by atoms with Crippen molar-refractivity contribution >= 4 is 11.9 Å². The summed E-state index contributed by atoms with van der Waals surface area (Å²) in [5.74, 6) is -5.53. The van der Waals surface area contributed by atoms with Gasteiger partial charge in [0.15, 0.2) is 17.5 Å². The van der Waals surface area contributed by atoms with Crippen LogP contribution in [0, 0.1) is 17.5 Å². The lowest BCUT2D eigenvalue weighted by Gasteiger charge is -2.17. The van der Waals surface area contributed by atoms with Gasteiger partial charge < -0.3 is 9.64 Å². The lowest BCUT2D eigenvalue weighted by Crippen LogP contribution is -2.28. The molecule has 1 rings (SSSR count). The lowest BCUT2D eigenvalue weighted by molar-refractivity contribution is -0.140. The van der Waals surface area contributed by atoms with E-state index in [0.717, 1.165) is 0 Å². The third kappa shape index (κ3) is 3.97. The minimum Gasteiger partial charge on any atom is -0.469 e. The fourth-order valence-electron chi connectivity index (χ4n) is 1.56. The summed E-state index contributed by atoms with van der Waals surface area (Å²) in [5, 5.41) is 0. The maximum absolute atomic E-state index is 13.0. The molecule has 110 valence electrons. The number of benzene rings is 1. The third-order valence-electron chi connectivity index (χ3n) is 2.68. The highest BCUT2D eigenvalue weighted by molar-refractivity contribution is 5.94. The molecule has 0 N–H and O–H groups in total. The molecule has 0 aliphatic heterocycles. The standard InChI is InChI=1S/C13H14F3NO3/c1-17(5-3-4-11(18)20-2)13(19)8-6-9(14)12(16)10(15)7-8/h6-7H,3-5H2,1-2H3. The molecule has 0 heterocycles. The molecule has 0 aliphatic carbocycles. The van der Waals surface area contributed by atoms with Gasteiger partial charge in [-0.25, -0.2) is 13.2 Å². The van der Waals surface area contributed by atoms with E-state index in [2.05, 4.69) is 4.74 Å². The van der Waals surface area contributed by atoms with Crippen LogP contribution in [0.3, 0.4) is 0 Å². The number of esters is 1. The number of hydrogen-bond acceptors (Lipinski definition) is 3. The van der Waals surface area contributed by atoms with Gasteiger partial charge in [-0.15, -0.1) is 0 Å². The van der Waals surface area contributed by atoms with Gasteiger partial charge in [-0.3, -0.25) is 9.59 Å². The number of rotatable bonds is 5. The molecule has 0 aromatic heterocycles. The molecule has 0 aliphatic rings. The van der Waals surface area contributed by atoms with Gasteiger partial charge in [0.25, 0.3) is 5.91 Å². The highest BCUT2D eigenvalue weighted by atomic mass is 19.2. The molecular weight excluding hydrogens is 275 g/mol. The maximum Gasteiger partial charge on any atom is 0.305 e. The van der Waals surface area contributed by atoms with Crippen LogP contribution >= 0.6 is 0 Å². The molecule has 0 fully saturated rings. The Morgan fingerprint density at radius 3 is 2.25 bits per heavy atom. The normalized spacial score (nSPS) is 10.2. The molecule has 1 aromatic rings. The van der Waals surface area contributed by atoms with Crippen LogP contribution < -0.4 is 0 Å². The SMILES string of the molecule is COC(=O)CCCN(C)C(=O)c1cc(F)c(F)c(F)c1. The number of hydrogen-bond donors (Lipinski definition) is 0. The van der Waals surface area contributed by atoms with Crippen molar-refractivity contribution in [2.45, 2.75) is 12.8 Å². The zero-order chi connectivity index (χ0) is 15.3. The summed E-state index contributed by atoms with van der Waals surface area (Å²) in [7, 11) is 2.67. The molecule has 0 saturated heterocycles. The van der Waals surface area contributed by atoms with Crippen molar-refractivity contribution in [2.75, 3.05) is 20.7 Å². The van der Waals surface area contributed by atoms with E-state index in [0.29, 0.717) is 18.6 Å². The minimum atomic E-state index is -1.62. The average Bonchev–Trinajstić information content (AvgIpc) is 2.42. The Labute approximate surface area is 114 Å². The molecule has 1 amide bonds. The summed E-state index contributed by atoms with van der Waals surface area (Å²) in [4.78, 5) is 23.9. The summed E-state index contributed by atoms with van der Waals surface area (Å²) < 4.78 is 43.3. The zero-order valence-corrected chi connectivity index (χ0v) is 11.1. The van der Waals surface area contributed by atoms with Gasteiger partial charge in [0, 0.05) is 25.6 Å². The summed E-state index contributed by atoms with van der Waals surface area (Å²) in [6, 6.07) is 1.27. The Balaban J connectivity index is 2.67. The van der Waals surface area contributed by atoms with Crippen molar-refractivity contribution in [1.29, 1.82) is 0 Å². The van der Waals surface area contributed by atoms with E-state index in [-0.39, 0.29) is 18.5 Å². The van der Waals surface area contributed by atoms with Gasteiger partial charge in [0.1, 0.15) is 0 Å². The van der Waals surface area contributed by atoms with E-state index in [9.17, 15) is 22.8 Å². The predicted octanol–water partition coefficient (Wildman–Crippen LogP) is 2.13. The Morgan fingerprint density at radius 2 is 1.75 bits per heavy atom. The highest BCUT2D eigenvalue weighted by Crippen LogP contribution is 2.15. The smallest absolute Gasteiger partial charge is 0.305 e. The van der Waals surface area contributed by atoms with Crippen LogP contribution in [0.5, 0.6) is 0 Å². The number of methoxy groups -OCH3 is 1. The fourth-order valence-corrected chi connectivity index (χ4v) is 1.56. The number of carbonyl (C=O) groups is 2. The summed E-state index contributed by atoms with van der Waals surface area (Å²) in [6.45, 7) is 0.203. The minimum absolute atomic E-state index is 0.125. The largest absolute Gasteiger partial charge is 0.469 e. The molecule has 7 heteroatoms. The van der Waals surface area contributed by atoms with Gasteiger partial charge in [0.05, 0.1) is 7.11 Å². The topological polar surface area (TPSA) is 46.6 Å². The van der Waals surface area contributed by atoms with Crippen molar-refractivity contribution in [3.05, 3.63) is 35.1 Å². The van der Waals surface area contributed by atoms with Crippen molar-refractivity contribution in [3.63, 3.8) is 0 Å². The van der Waals surface area contributed by atoms with E-state index in [1.807, 2.05) is 0 Å². The van der Waals surface area contributed by atoms with Gasteiger partial charge in [-0.05, 0) is 18.6 Å². The molecular formula is C13H14F3NO3. The first-order valence-electron chi connectivity index (χ1n) is 5.83. The third-order valence-corrected chi connectivity index (χ3v) is 2.68. The van der Waals surface area contributed by atoms with Crippen molar-refractivity contribution in [2.24, 2.45) is 0 Å². The average molecular weight is 289 g/mol. The van der Waals surface area contributed by atoms with Crippen molar-refractivity contribution in [1.82, 2.24) is 4.90 Å². The Bertz CT molecular complexity index is 497. The maximum atomic E-state index is 13.0. The van der Waals surface area contributed by atoms with Crippen LogP contribution in [-0.2, 0) is 9.53 Å². The Kier molecular flexibility index (Phi) is 5.54. The quantitative estimate of drug-likeness (QED) is 0.616. The molecule has 4 nitrogen and oxygen atoms in total. The van der Waals surface area contributed by atoms with E-state index >= 15 is 0 Å². The summed E-state index contributed by atoms with van der Waals surface area (Å²) >= 11 is 0. The molecule has 0 saturated carbocycles. The van der Waals surface area contributed by atoms with E-state index in [1.165, 1.54) is 19.1 Å². The van der Waals surface area contributed by atoms with Crippen molar-refractivity contribution in [3.8, 4) is 0 Å². The molecule has 0 bridgehead atoms. The Morgan fingerprint density at radius 1 is 1.20 bits per heavy atom.